The fourth-order valence-corrected chi connectivity index (χ4v) is 1.45. The van der Waals surface area contributed by atoms with E-state index >= 15 is 0 Å². The van der Waals surface area contributed by atoms with E-state index in [9.17, 15) is 4.79 Å². The lowest BCUT2D eigenvalue weighted by Crippen LogP contribution is -2.02. The molecule has 1 N–H and O–H groups in total. The van der Waals surface area contributed by atoms with E-state index in [2.05, 4.69) is 6.92 Å². The molecule has 0 saturated heterocycles. The predicted octanol–water partition coefficient (Wildman–Crippen LogP) is 2.50. The number of carboxylic acids is 1. The van der Waals surface area contributed by atoms with Gasteiger partial charge in [-0.15, -0.1) is 0 Å². The number of benzene rings is 1. The van der Waals surface area contributed by atoms with Gasteiger partial charge in [-0.2, -0.15) is 0 Å². The van der Waals surface area contributed by atoms with Gasteiger partial charge in [0.25, 0.3) is 0 Å². The topological polar surface area (TPSA) is 55.8 Å². The lowest BCUT2D eigenvalue weighted by molar-refractivity contribution is -0.137. The third kappa shape index (κ3) is 4.76. The van der Waals surface area contributed by atoms with E-state index in [4.69, 9.17) is 14.6 Å². The van der Waals surface area contributed by atoms with E-state index in [0.717, 1.165) is 23.5 Å². The van der Waals surface area contributed by atoms with Crippen LogP contribution in [0.4, 0.5) is 0 Å². The van der Waals surface area contributed by atoms with Gasteiger partial charge < -0.3 is 14.6 Å². The van der Waals surface area contributed by atoms with Crippen LogP contribution in [0.15, 0.2) is 18.2 Å². The Hall–Kier alpha value is -1.71. The summed E-state index contributed by atoms with van der Waals surface area (Å²) in [7, 11) is 1.61. The van der Waals surface area contributed by atoms with Gasteiger partial charge in [0.1, 0.15) is 11.5 Å². The van der Waals surface area contributed by atoms with Crippen molar-refractivity contribution in [2.75, 3.05) is 13.7 Å². The van der Waals surface area contributed by atoms with Crippen molar-refractivity contribution in [3.05, 3.63) is 23.8 Å². The summed E-state index contributed by atoms with van der Waals surface area (Å²) < 4.78 is 10.7. The first kappa shape index (κ1) is 13.4. The second-order valence-electron chi connectivity index (χ2n) is 3.72. The van der Waals surface area contributed by atoms with Gasteiger partial charge >= 0.3 is 5.97 Å². The zero-order chi connectivity index (χ0) is 12.7. The van der Waals surface area contributed by atoms with Crippen molar-refractivity contribution in [1.82, 2.24) is 0 Å². The van der Waals surface area contributed by atoms with E-state index in [-0.39, 0.29) is 6.42 Å². The van der Waals surface area contributed by atoms with Crippen molar-refractivity contribution in [2.45, 2.75) is 26.2 Å². The fraction of sp³-hybridized carbons (Fsp3) is 0.462. The van der Waals surface area contributed by atoms with Crippen molar-refractivity contribution in [1.29, 1.82) is 0 Å². The summed E-state index contributed by atoms with van der Waals surface area (Å²) in [5, 5.41) is 8.50. The molecule has 0 bridgehead atoms. The van der Waals surface area contributed by atoms with Crippen LogP contribution in [-0.4, -0.2) is 24.8 Å². The van der Waals surface area contributed by atoms with Crippen LogP contribution in [0.5, 0.6) is 11.5 Å². The van der Waals surface area contributed by atoms with Crippen LogP contribution in [0.2, 0.25) is 0 Å². The minimum Gasteiger partial charge on any atom is -0.497 e. The Balaban J connectivity index is 2.54. The van der Waals surface area contributed by atoms with E-state index in [1.54, 1.807) is 13.2 Å². The summed E-state index contributed by atoms with van der Waals surface area (Å²) in [5.74, 6) is 0.692. The number of ether oxygens (including phenoxy) is 2. The maximum absolute atomic E-state index is 10.3. The summed E-state index contributed by atoms with van der Waals surface area (Å²) in [5.41, 5.74) is 1.14. The number of hydrogen-bond acceptors (Lipinski definition) is 3. The molecule has 0 amide bonds. The molecule has 0 atom stereocenters. The average molecular weight is 238 g/mol. The number of aliphatic carboxylic acids is 1. The molecule has 0 aromatic heterocycles. The number of hydrogen-bond donors (Lipinski definition) is 1. The molecule has 1 aromatic carbocycles. The second-order valence-corrected chi connectivity index (χ2v) is 3.72. The minimum absolute atomic E-state index is 0.130. The molecule has 4 nitrogen and oxygen atoms in total. The van der Waals surface area contributed by atoms with Crippen LogP contribution in [-0.2, 0) is 11.2 Å². The molecular weight excluding hydrogens is 220 g/mol. The molecule has 4 heteroatoms. The quantitative estimate of drug-likeness (QED) is 0.741. The Labute approximate surface area is 101 Å². The zero-order valence-corrected chi connectivity index (χ0v) is 10.2. The molecule has 0 aliphatic rings. The van der Waals surface area contributed by atoms with Gasteiger partial charge in [-0.1, -0.05) is 6.92 Å². The normalized spacial score (nSPS) is 10.0. The molecule has 0 saturated carbocycles. The van der Waals surface area contributed by atoms with Gasteiger partial charge in [0.05, 0.1) is 13.7 Å². The van der Waals surface area contributed by atoms with Crippen molar-refractivity contribution in [2.24, 2.45) is 0 Å². The maximum atomic E-state index is 10.3. The molecule has 17 heavy (non-hydrogen) atoms. The molecule has 1 rings (SSSR count). The zero-order valence-electron chi connectivity index (χ0n) is 10.2. The van der Waals surface area contributed by atoms with Crippen LogP contribution in [0, 0.1) is 0 Å². The molecule has 0 heterocycles. The Morgan fingerprint density at radius 3 is 2.59 bits per heavy atom. The van der Waals surface area contributed by atoms with Gasteiger partial charge in [0.2, 0.25) is 0 Å². The molecular formula is C13H18O4. The molecule has 0 aliphatic carbocycles. The minimum atomic E-state index is -0.798. The molecule has 0 spiro atoms. The molecule has 94 valence electrons. The molecule has 1 aromatic rings. The largest absolute Gasteiger partial charge is 0.497 e. The summed E-state index contributed by atoms with van der Waals surface area (Å²) in [4.78, 5) is 10.3. The van der Waals surface area contributed by atoms with Crippen LogP contribution in [0.25, 0.3) is 0 Å². The molecule has 0 aliphatic heterocycles. The third-order valence-corrected chi connectivity index (χ3v) is 2.39. The number of carbonyl (C=O) groups is 1. The number of aryl methyl sites for hydroxylation is 1. The smallest absolute Gasteiger partial charge is 0.303 e. The second kappa shape index (κ2) is 6.78. The highest BCUT2D eigenvalue weighted by atomic mass is 16.5. The van der Waals surface area contributed by atoms with E-state index in [0.29, 0.717) is 13.0 Å². The van der Waals surface area contributed by atoms with Gasteiger partial charge in [0, 0.05) is 12.5 Å². The highest BCUT2D eigenvalue weighted by Gasteiger charge is 2.02. The Morgan fingerprint density at radius 2 is 2.00 bits per heavy atom. The van der Waals surface area contributed by atoms with Gasteiger partial charge in [-0.25, -0.2) is 0 Å². The third-order valence-electron chi connectivity index (χ3n) is 2.39. The number of rotatable bonds is 7. The van der Waals surface area contributed by atoms with Crippen LogP contribution in [0.3, 0.4) is 0 Å². The van der Waals surface area contributed by atoms with Crippen molar-refractivity contribution >= 4 is 5.97 Å². The van der Waals surface area contributed by atoms with E-state index in [1.807, 2.05) is 12.1 Å². The van der Waals surface area contributed by atoms with Crippen molar-refractivity contribution < 1.29 is 19.4 Å². The monoisotopic (exact) mass is 238 g/mol. The lowest BCUT2D eigenvalue weighted by Gasteiger charge is -2.09. The molecule has 0 unspecified atom stereocenters. The highest BCUT2D eigenvalue weighted by molar-refractivity contribution is 5.66. The Bertz CT molecular complexity index is 351. The van der Waals surface area contributed by atoms with Gasteiger partial charge in [-0.05, 0) is 30.5 Å². The van der Waals surface area contributed by atoms with Crippen LogP contribution < -0.4 is 9.47 Å². The van der Waals surface area contributed by atoms with E-state index in [1.165, 1.54) is 0 Å². The van der Waals surface area contributed by atoms with Gasteiger partial charge in [-0.3, -0.25) is 4.79 Å². The first-order valence-electron chi connectivity index (χ1n) is 5.68. The fourth-order valence-electron chi connectivity index (χ4n) is 1.45. The molecule has 0 radical (unpaired) electrons. The number of carboxylic acid groups (broad SMARTS) is 1. The summed E-state index contributed by atoms with van der Waals surface area (Å²) in [6.07, 6.45) is 1.54. The lowest BCUT2D eigenvalue weighted by atomic mass is 10.1. The summed E-state index contributed by atoms with van der Waals surface area (Å²) >= 11 is 0. The first-order chi connectivity index (χ1) is 8.15. The number of methoxy groups -OCH3 is 1. The molecule has 0 fully saturated rings. The SMILES string of the molecule is CCc1cc(OC)cc(OCCCC(=O)O)c1. The van der Waals surface area contributed by atoms with Gasteiger partial charge in [0.15, 0.2) is 0 Å². The standard InChI is InChI=1S/C13H18O4/c1-3-10-7-11(16-2)9-12(8-10)17-6-4-5-13(14)15/h7-9H,3-6H2,1-2H3,(H,14,15). The summed E-state index contributed by atoms with van der Waals surface area (Å²) in [6, 6.07) is 5.72. The predicted molar refractivity (Wildman–Crippen MR) is 64.7 cm³/mol. The Kier molecular flexibility index (Phi) is 5.33. The average Bonchev–Trinajstić information content (AvgIpc) is 2.34. The maximum Gasteiger partial charge on any atom is 0.303 e. The van der Waals surface area contributed by atoms with Crippen LogP contribution in [0.1, 0.15) is 25.3 Å². The first-order valence-corrected chi connectivity index (χ1v) is 5.68. The summed E-state index contributed by atoms with van der Waals surface area (Å²) in [6.45, 7) is 2.46. The van der Waals surface area contributed by atoms with Crippen molar-refractivity contribution in [3.8, 4) is 11.5 Å². The van der Waals surface area contributed by atoms with Crippen molar-refractivity contribution in [3.63, 3.8) is 0 Å². The van der Waals surface area contributed by atoms with E-state index < -0.39 is 5.97 Å². The highest BCUT2D eigenvalue weighted by Crippen LogP contribution is 2.23. The Morgan fingerprint density at radius 1 is 1.29 bits per heavy atom. The van der Waals surface area contributed by atoms with Crippen LogP contribution >= 0.6 is 0 Å².